The van der Waals surface area contributed by atoms with Crippen LogP contribution in [0.25, 0.3) is 0 Å². The Hall–Kier alpha value is -3.90. The first-order chi connectivity index (χ1) is 19.2. The van der Waals surface area contributed by atoms with Crippen molar-refractivity contribution >= 4 is 35.1 Å². The molecule has 2 heterocycles. The zero-order valence-electron chi connectivity index (χ0n) is 20.9. The van der Waals surface area contributed by atoms with Crippen molar-refractivity contribution in [1.29, 1.82) is 0 Å². The number of carbonyl (C=O) groups is 3. The molecule has 0 aromatic heterocycles. The van der Waals surface area contributed by atoms with Crippen LogP contribution < -0.4 is 10.2 Å². The quantitative estimate of drug-likeness (QED) is 0.242. The van der Waals surface area contributed by atoms with E-state index in [1.165, 1.54) is 36.4 Å². The van der Waals surface area contributed by atoms with E-state index in [0.29, 0.717) is 12.1 Å². The van der Waals surface area contributed by atoms with Crippen LogP contribution in [0, 0.1) is 11.8 Å². The second kappa shape index (κ2) is 9.88. The molecule has 3 atom stereocenters. The number of imide groups is 1. The number of amides is 2. The summed E-state index contributed by atoms with van der Waals surface area (Å²) in [5.41, 5.74) is -4.95. The van der Waals surface area contributed by atoms with E-state index in [4.69, 9.17) is 16.3 Å². The number of alkyl halides is 6. The molecule has 2 amide bonds. The minimum absolute atomic E-state index is 0.0596. The molecule has 214 valence electrons. The summed E-state index contributed by atoms with van der Waals surface area (Å²) in [7, 11) is 1.01. The number of nitrogens with one attached hydrogen (secondary N) is 1. The molecule has 2 aliphatic rings. The Kier molecular flexibility index (Phi) is 6.90. The first kappa shape index (κ1) is 28.6. The maximum atomic E-state index is 14.1. The van der Waals surface area contributed by atoms with Gasteiger partial charge in [0, 0.05) is 5.02 Å². The van der Waals surface area contributed by atoms with Crippen LogP contribution in [0.4, 0.5) is 32.0 Å². The Balaban J connectivity index is 1.81. The predicted molar refractivity (Wildman–Crippen MR) is 134 cm³/mol. The maximum absolute atomic E-state index is 14.1. The number of methoxy groups -OCH3 is 1. The largest absolute Gasteiger partial charge is 0.468 e. The summed E-state index contributed by atoms with van der Waals surface area (Å²) < 4.78 is 87.7. The Morgan fingerprint density at radius 2 is 1.37 bits per heavy atom. The lowest BCUT2D eigenvalue weighted by molar-refractivity contribution is -0.145. The topological polar surface area (TPSA) is 75.7 Å². The first-order valence-corrected chi connectivity index (χ1v) is 12.4. The van der Waals surface area contributed by atoms with E-state index >= 15 is 0 Å². The highest BCUT2D eigenvalue weighted by molar-refractivity contribution is 6.31. The lowest BCUT2D eigenvalue weighted by atomic mass is 9.71. The van der Waals surface area contributed by atoms with E-state index in [9.17, 15) is 40.7 Å². The first-order valence-electron chi connectivity index (χ1n) is 12.0. The number of ether oxygens (including phenoxy) is 1. The third-order valence-corrected chi connectivity index (χ3v) is 7.64. The van der Waals surface area contributed by atoms with Crippen molar-refractivity contribution < 1.29 is 45.5 Å². The van der Waals surface area contributed by atoms with Gasteiger partial charge in [-0.3, -0.25) is 19.7 Å². The van der Waals surface area contributed by atoms with Gasteiger partial charge in [-0.05, 0) is 59.7 Å². The van der Waals surface area contributed by atoms with Crippen molar-refractivity contribution in [3.63, 3.8) is 0 Å². The highest BCUT2D eigenvalue weighted by atomic mass is 35.5. The average molecular weight is 597 g/mol. The number of benzene rings is 3. The van der Waals surface area contributed by atoms with Crippen LogP contribution >= 0.6 is 11.6 Å². The zero-order valence-corrected chi connectivity index (χ0v) is 21.6. The molecule has 41 heavy (non-hydrogen) atoms. The van der Waals surface area contributed by atoms with Gasteiger partial charge in [-0.1, -0.05) is 35.9 Å². The van der Waals surface area contributed by atoms with Crippen LogP contribution in [-0.2, 0) is 37.0 Å². The van der Waals surface area contributed by atoms with E-state index in [0.717, 1.165) is 36.3 Å². The minimum atomic E-state index is -4.85. The van der Waals surface area contributed by atoms with Gasteiger partial charge in [0.15, 0.2) is 0 Å². The zero-order chi connectivity index (χ0) is 29.9. The van der Waals surface area contributed by atoms with Gasteiger partial charge in [0.25, 0.3) is 0 Å². The van der Waals surface area contributed by atoms with E-state index in [-0.39, 0.29) is 21.8 Å². The average Bonchev–Trinajstić information content (AvgIpc) is 3.42. The fourth-order valence-corrected chi connectivity index (χ4v) is 5.78. The van der Waals surface area contributed by atoms with E-state index in [2.05, 4.69) is 5.32 Å². The van der Waals surface area contributed by atoms with Crippen LogP contribution in [0.1, 0.15) is 22.3 Å². The standard InChI is InChI=1S/C28H19ClF6N2O4/c1-41-25(40)22-20-21(24(39)37(23(20)38)19-10-8-18(29)9-11-19)26(36-22,14-4-2-6-16(12-14)27(30,31)32)15-5-3-7-17(13-15)28(33,34)35/h2-13,20-22,36H,1H3/t20-,21-,22-/m1/s1. The number of rotatable bonds is 4. The van der Waals surface area contributed by atoms with Crippen LogP contribution in [0.2, 0.25) is 5.02 Å². The summed E-state index contributed by atoms with van der Waals surface area (Å²) in [5.74, 6) is -6.02. The van der Waals surface area contributed by atoms with Crippen molar-refractivity contribution in [2.24, 2.45) is 11.8 Å². The second-order valence-electron chi connectivity index (χ2n) is 9.60. The molecular formula is C28H19ClF6N2O4. The number of carbonyl (C=O) groups excluding carboxylic acids is 3. The molecule has 0 spiro atoms. The molecule has 2 aliphatic heterocycles. The summed E-state index contributed by atoms with van der Waals surface area (Å²) >= 11 is 5.94. The number of anilines is 1. The normalized spacial score (nSPS) is 22.1. The summed E-state index contributed by atoms with van der Waals surface area (Å²) in [6.45, 7) is 0. The lowest BCUT2D eigenvalue weighted by Gasteiger charge is -2.37. The molecule has 1 N–H and O–H groups in total. The molecule has 2 fully saturated rings. The molecular weight excluding hydrogens is 578 g/mol. The molecule has 0 radical (unpaired) electrons. The van der Waals surface area contributed by atoms with Crippen molar-refractivity contribution in [3.8, 4) is 0 Å². The van der Waals surface area contributed by atoms with Gasteiger partial charge < -0.3 is 4.74 Å². The summed E-state index contributed by atoms with van der Waals surface area (Å²) in [6, 6.07) is 11.3. The monoisotopic (exact) mass is 596 g/mol. The number of hydrogen-bond acceptors (Lipinski definition) is 5. The number of esters is 1. The summed E-state index contributed by atoms with van der Waals surface area (Å²) in [6.07, 6.45) is -9.70. The van der Waals surface area contributed by atoms with Gasteiger partial charge in [0.2, 0.25) is 11.8 Å². The highest BCUT2D eigenvalue weighted by Gasteiger charge is 2.68. The summed E-state index contributed by atoms with van der Waals surface area (Å²) in [5, 5.41) is 3.07. The number of nitrogens with zero attached hydrogens (tertiary/aromatic N) is 1. The molecule has 13 heteroatoms. The molecule has 0 unspecified atom stereocenters. The Labute approximate surface area is 233 Å². The number of halogens is 7. The maximum Gasteiger partial charge on any atom is 0.416 e. The molecule has 0 saturated carbocycles. The van der Waals surface area contributed by atoms with Gasteiger partial charge in [-0.2, -0.15) is 26.3 Å². The number of fused-ring (bicyclic) bond motifs is 1. The fraction of sp³-hybridized carbons (Fsp3) is 0.250. The van der Waals surface area contributed by atoms with E-state index < -0.39 is 64.7 Å². The molecule has 6 nitrogen and oxygen atoms in total. The predicted octanol–water partition coefficient (Wildman–Crippen LogP) is 5.57. The lowest BCUT2D eigenvalue weighted by Crippen LogP contribution is -2.52. The SMILES string of the molecule is COC(=O)[C@@H]1NC(c2cccc(C(F)(F)F)c2)(c2cccc(C(F)(F)F)c2)[C@H]2C(=O)N(c3ccc(Cl)cc3)C(=O)[C@@H]12. The van der Waals surface area contributed by atoms with Crippen molar-refractivity contribution in [1.82, 2.24) is 5.32 Å². The minimum Gasteiger partial charge on any atom is -0.468 e. The van der Waals surface area contributed by atoms with Gasteiger partial charge in [0.1, 0.15) is 6.04 Å². The van der Waals surface area contributed by atoms with Crippen molar-refractivity contribution in [2.75, 3.05) is 12.0 Å². The van der Waals surface area contributed by atoms with Crippen LogP contribution in [-0.4, -0.2) is 30.9 Å². The highest BCUT2D eigenvalue weighted by Crippen LogP contribution is 2.53. The Morgan fingerprint density at radius 1 is 0.854 bits per heavy atom. The van der Waals surface area contributed by atoms with E-state index in [1.54, 1.807) is 0 Å². The van der Waals surface area contributed by atoms with Gasteiger partial charge >= 0.3 is 18.3 Å². The van der Waals surface area contributed by atoms with Crippen LogP contribution in [0.15, 0.2) is 72.8 Å². The third-order valence-electron chi connectivity index (χ3n) is 7.39. The molecule has 2 saturated heterocycles. The van der Waals surface area contributed by atoms with Crippen LogP contribution in [0.5, 0.6) is 0 Å². The van der Waals surface area contributed by atoms with Crippen molar-refractivity contribution in [2.45, 2.75) is 23.9 Å². The molecule has 5 rings (SSSR count). The van der Waals surface area contributed by atoms with Gasteiger partial charge in [0.05, 0.1) is 41.3 Å². The Morgan fingerprint density at radius 3 is 1.83 bits per heavy atom. The van der Waals surface area contributed by atoms with Crippen LogP contribution in [0.3, 0.4) is 0 Å². The number of hydrogen-bond donors (Lipinski definition) is 1. The second-order valence-corrected chi connectivity index (χ2v) is 10.0. The molecule has 0 bridgehead atoms. The molecule has 3 aromatic rings. The molecule has 3 aromatic carbocycles. The van der Waals surface area contributed by atoms with E-state index in [1.807, 2.05) is 0 Å². The summed E-state index contributed by atoms with van der Waals surface area (Å²) in [4.78, 5) is 41.6. The third kappa shape index (κ3) is 4.64. The molecule has 0 aliphatic carbocycles. The smallest absolute Gasteiger partial charge is 0.416 e. The van der Waals surface area contributed by atoms with Gasteiger partial charge in [-0.15, -0.1) is 0 Å². The Bertz CT molecular complexity index is 1480. The van der Waals surface area contributed by atoms with Gasteiger partial charge in [-0.25, -0.2) is 4.90 Å². The van der Waals surface area contributed by atoms with Crippen molar-refractivity contribution in [3.05, 3.63) is 100 Å². The fourth-order valence-electron chi connectivity index (χ4n) is 5.66.